The Labute approximate surface area is 159 Å². The van der Waals surface area contributed by atoms with E-state index in [4.69, 9.17) is 10.5 Å². The second-order valence-corrected chi connectivity index (χ2v) is 7.01. The van der Waals surface area contributed by atoms with Gasteiger partial charge in [0.15, 0.2) is 0 Å². The summed E-state index contributed by atoms with van der Waals surface area (Å²) in [7, 11) is 0. The molecule has 7 nitrogen and oxygen atoms in total. The molecule has 0 bridgehead atoms. The summed E-state index contributed by atoms with van der Waals surface area (Å²) in [4.78, 5) is 26.7. The first kappa shape index (κ1) is 19.4. The van der Waals surface area contributed by atoms with Gasteiger partial charge < -0.3 is 25.3 Å². The van der Waals surface area contributed by atoms with Crippen LogP contribution in [0.15, 0.2) is 30.5 Å². The van der Waals surface area contributed by atoms with Crippen molar-refractivity contribution in [2.75, 3.05) is 31.6 Å². The van der Waals surface area contributed by atoms with Crippen molar-refractivity contribution < 1.29 is 14.3 Å². The Morgan fingerprint density at radius 2 is 1.93 bits per heavy atom. The van der Waals surface area contributed by atoms with E-state index < -0.39 is 5.54 Å². The van der Waals surface area contributed by atoms with Crippen molar-refractivity contribution in [2.45, 2.75) is 38.8 Å². The van der Waals surface area contributed by atoms with E-state index in [1.807, 2.05) is 53.8 Å². The lowest BCUT2D eigenvalue weighted by Gasteiger charge is -2.31. The van der Waals surface area contributed by atoms with Crippen LogP contribution >= 0.6 is 0 Å². The van der Waals surface area contributed by atoms with E-state index in [9.17, 15) is 9.59 Å². The van der Waals surface area contributed by atoms with Crippen LogP contribution in [0.3, 0.4) is 0 Å². The van der Waals surface area contributed by atoms with E-state index in [1.165, 1.54) is 0 Å². The van der Waals surface area contributed by atoms with Crippen molar-refractivity contribution in [3.05, 3.63) is 30.5 Å². The highest BCUT2D eigenvalue weighted by atomic mass is 16.5. The van der Waals surface area contributed by atoms with Gasteiger partial charge in [0, 0.05) is 49.1 Å². The number of hydrogen-bond acceptors (Lipinski definition) is 4. The first-order valence-electron chi connectivity index (χ1n) is 9.51. The van der Waals surface area contributed by atoms with Gasteiger partial charge in [-0.3, -0.25) is 9.59 Å². The summed E-state index contributed by atoms with van der Waals surface area (Å²) in [6, 6.07) is 7.64. The molecule has 0 radical (unpaired) electrons. The molecule has 0 aliphatic carbocycles. The standard InChI is InChI=1S/C20H28N4O3/c1-3-23(4-2)18(25)14-24-10-7-15-13-16(5-6-17(15)24)22-19(26)20(21)8-11-27-12-9-20/h5-7,10,13H,3-4,8-9,11-12,14,21H2,1-2H3,(H,22,26). The molecule has 1 aromatic carbocycles. The normalized spacial score (nSPS) is 16.3. The maximum atomic E-state index is 12.6. The van der Waals surface area contributed by atoms with Crippen LogP contribution in [0.5, 0.6) is 0 Å². The molecule has 3 N–H and O–H groups in total. The third kappa shape index (κ3) is 4.14. The van der Waals surface area contributed by atoms with E-state index in [1.54, 1.807) is 0 Å². The molecule has 7 heteroatoms. The van der Waals surface area contributed by atoms with Crippen LogP contribution in [0, 0.1) is 0 Å². The summed E-state index contributed by atoms with van der Waals surface area (Å²) in [5.74, 6) is -0.0826. The van der Waals surface area contributed by atoms with Crippen LogP contribution in [0.25, 0.3) is 10.9 Å². The second-order valence-electron chi connectivity index (χ2n) is 7.01. The highest BCUT2D eigenvalue weighted by Crippen LogP contribution is 2.24. The van der Waals surface area contributed by atoms with Gasteiger partial charge in [-0.1, -0.05) is 0 Å². The van der Waals surface area contributed by atoms with Crippen molar-refractivity contribution in [3.63, 3.8) is 0 Å². The number of hydrogen-bond donors (Lipinski definition) is 2. The third-order valence-electron chi connectivity index (χ3n) is 5.29. The first-order chi connectivity index (χ1) is 13.0. The molecular weight excluding hydrogens is 344 g/mol. The number of benzene rings is 1. The summed E-state index contributed by atoms with van der Waals surface area (Å²) in [5, 5.41) is 3.90. The summed E-state index contributed by atoms with van der Waals surface area (Å²) >= 11 is 0. The van der Waals surface area contributed by atoms with E-state index >= 15 is 0 Å². The minimum absolute atomic E-state index is 0.0967. The van der Waals surface area contributed by atoms with Crippen LogP contribution in [0.4, 0.5) is 5.69 Å². The highest BCUT2D eigenvalue weighted by Gasteiger charge is 2.35. The molecular formula is C20H28N4O3. The minimum Gasteiger partial charge on any atom is -0.381 e. The van der Waals surface area contributed by atoms with Crippen molar-refractivity contribution in [3.8, 4) is 0 Å². The largest absolute Gasteiger partial charge is 0.381 e. The Kier molecular flexibility index (Phi) is 5.82. The summed E-state index contributed by atoms with van der Waals surface area (Å²) in [6.07, 6.45) is 2.94. The van der Waals surface area contributed by atoms with Crippen LogP contribution in [0.2, 0.25) is 0 Å². The molecule has 0 unspecified atom stereocenters. The monoisotopic (exact) mass is 372 g/mol. The number of carbonyl (C=O) groups is 2. The number of ether oxygens (including phenoxy) is 1. The number of anilines is 1. The summed E-state index contributed by atoms with van der Waals surface area (Å²) in [6.45, 7) is 6.69. The lowest BCUT2D eigenvalue weighted by atomic mass is 9.90. The van der Waals surface area contributed by atoms with Gasteiger partial charge in [0.2, 0.25) is 11.8 Å². The van der Waals surface area contributed by atoms with Crippen LogP contribution < -0.4 is 11.1 Å². The van der Waals surface area contributed by atoms with Crippen molar-refractivity contribution >= 4 is 28.4 Å². The molecule has 1 aliphatic rings. The Balaban J connectivity index is 1.73. The molecule has 0 spiro atoms. The molecule has 146 valence electrons. The number of nitrogens with zero attached hydrogens (tertiary/aromatic N) is 2. The van der Waals surface area contributed by atoms with Crippen molar-refractivity contribution in [1.82, 2.24) is 9.47 Å². The van der Waals surface area contributed by atoms with Gasteiger partial charge in [-0.25, -0.2) is 0 Å². The molecule has 2 aromatic rings. The van der Waals surface area contributed by atoms with Gasteiger partial charge in [-0.15, -0.1) is 0 Å². The fourth-order valence-electron chi connectivity index (χ4n) is 3.46. The van der Waals surface area contributed by atoms with Crippen molar-refractivity contribution in [2.24, 2.45) is 5.73 Å². The molecule has 27 heavy (non-hydrogen) atoms. The van der Waals surface area contributed by atoms with E-state index in [0.717, 1.165) is 10.9 Å². The second kappa shape index (κ2) is 8.10. The van der Waals surface area contributed by atoms with Gasteiger partial charge in [-0.05, 0) is 51.0 Å². The number of fused-ring (bicyclic) bond motifs is 1. The molecule has 1 aromatic heterocycles. The molecule has 1 saturated heterocycles. The molecule has 2 heterocycles. The van der Waals surface area contributed by atoms with E-state index in [2.05, 4.69) is 5.32 Å². The number of nitrogens with one attached hydrogen (secondary N) is 1. The number of rotatable bonds is 6. The molecule has 0 atom stereocenters. The zero-order valence-corrected chi connectivity index (χ0v) is 16.0. The lowest BCUT2D eigenvalue weighted by molar-refractivity contribution is -0.131. The Morgan fingerprint density at radius 3 is 2.59 bits per heavy atom. The van der Waals surface area contributed by atoms with Gasteiger partial charge in [0.25, 0.3) is 0 Å². The molecule has 0 saturated carbocycles. The highest BCUT2D eigenvalue weighted by molar-refractivity contribution is 5.99. The third-order valence-corrected chi connectivity index (χ3v) is 5.29. The van der Waals surface area contributed by atoms with Gasteiger partial charge in [0.1, 0.15) is 12.1 Å². The zero-order valence-electron chi connectivity index (χ0n) is 16.0. The molecule has 1 fully saturated rings. The quantitative estimate of drug-likeness (QED) is 0.811. The summed E-state index contributed by atoms with van der Waals surface area (Å²) in [5.41, 5.74) is 7.02. The minimum atomic E-state index is -0.880. The molecule has 3 rings (SSSR count). The zero-order chi connectivity index (χ0) is 19.4. The van der Waals surface area contributed by atoms with Gasteiger partial charge in [0.05, 0.1) is 0 Å². The predicted octanol–water partition coefficient (Wildman–Crippen LogP) is 1.96. The number of nitrogens with two attached hydrogens (primary N) is 1. The van der Waals surface area contributed by atoms with E-state index in [0.29, 0.717) is 51.4 Å². The fourth-order valence-corrected chi connectivity index (χ4v) is 3.46. The molecule has 2 amide bonds. The Bertz CT molecular complexity index is 820. The van der Waals surface area contributed by atoms with Crippen LogP contribution in [-0.4, -0.2) is 53.1 Å². The smallest absolute Gasteiger partial charge is 0.244 e. The SMILES string of the molecule is CCN(CC)C(=O)Cn1ccc2cc(NC(=O)C3(N)CCOCC3)ccc21. The van der Waals surface area contributed by atoms with Gasteiger partial charge >= 0.3 is 0 Å². The van der Waals surface area contributed by atoms with Crippen LogP contribution in [-0.2, 0) is 20.9 Å². The number of likely N-dealkylation sites (N-methyl/N-ethyl adjacent to an activating group) is 1. The number of carbonyl (C=O) groups excluding carboxylic acids is 2. The maximum absolute atomic E-state index is 12.6. The fraction of sp³-hybridized carbons (Fsp3) is 0.500. The maximum Gasteiger partial charge on any atom is 0.244 e. The van der Waals surface area contributed by atoms with Crippen LogP contribution in [0.1, 0.15) is 26.7 Å². The molecule has 1 aliphatic heterocycles. The topological polar surface area (TPSA) is 89.6 Å². The number of aromatic nitrogens is 1. The number of amides is 2. The van der Waals surface area contributed by atoms with Crippen molar-refractivity contribution in [1.29, 1.82) is 0 Å². The lowest BCUT2D eigenvalue weighted by Crippen LogP contribution is -2.54. The van der Waals surface area contributed by atoms with E-state index in [-0.39, 0.29) is 11.8 Å². The predicted molar refractivity (Wildman–Crippen MR) is 105 cm³/mol. The Morgan fingerprint density at radius 1 is 1.22 bits per heavy atom. The van der Waals surface area contributed by atoms with Gasteiger partial charge in [-0.2, -0.15) is 0 Å². The first-order valence-corrected chi connectivity index (χ1v) is 9.51. The average molecular weight is 372 g/mol. The average Bonchev–Trinajstić information content (AvgIpc) is 3.05. The Hall–Kier alpha value is -2.38. The summed E-state index contributed by atoms with van der Waals surface area (Å²) < 4.78 is 7.23.